The first-order valence-electron chi connectivity index (χ1n) is 15.8. The zero-order chi connectivity index (χ0) is 31.7. The quantitative estimate of drug-likeness (QED) is 0.241. The van der Waals surface area contributed by atoms with Gasteiger partial charge in [-0.25, -0.2) is 4.98 Å². The van der Waals surface area contributed by atoms with Gasteiger partial charge in [0.2, 0.25) is 5.71 Å². The van der Waals surface area contributed by atoms with E-state index in [2.05, 4.69) is 4.98 Å². The van der Waals surface area contributed by atoms with Crippen LogP contribution in [0.1, 0.15) is 85.2 Å². The normalized spacial score (nSPS) is 16.2. The van der Waals surface area contributed by atoms with Gasteiger partial charge in [0.1, 0.15) is 5.58 Å². The van der Waals surface area contributed by atoms with Crippen molar-refractivity contribution in [1.29, 1.82) is 0 Å². The van der Waals surface area contributed by atoms with Crippen molar-refractivity contribution in [3.05, 3.63) is 83.0 Å². The third-order valence-corrected chi connectivity index (χ3v) is 6.39. The Morgan fingerprint density at radius 1 is 0.889 bits per heavy atom. The van der Waals surface area contributed by atoms with E-state index in [-0.39, 0.29) is 11.1 Å². The summed E-state index contributed by atoms with van der Waals surface area (Å²) in [7, 11) is 0. The first-order valence-corrected chi connectivity index (χ1v) is 12.3. The van der Waals surface area contributed by atoms with E-state index >= 15 is 0 Å². The van der Waals surface area contributed by atoms with Crippen LogP contribution in [0.25, 0.3) is 44.6 Å². The lowest BCUT2D eigenvalue weighted by atomic mass is 9.87. The van der Waals surface area contributed by atoms with E-state index in [4.69, 9.17) is 19.0 Å². The summed E-state index contributed by atoms with van der Waals surface area (Å²) < 4.78 is 65.4. The largest absolute Gasteiger partial charge is 0.437 e. The van der Waals surface area contributed by atoms with E-state index in [1.807, 2.05) is 76.2 Å². The monoisotopic (exact) mass is 483 g/mol. The van der Waals surface area contributed by atoms with E-state index in [0.717, 1.165) is 27.5 Å². The predicted molar refractivity (Wildman–Crippen MR) is 152 cm³/mol. The maximum Gasteiger partial charge on any atom is 0.227 e. The highest BCUT2D eigenvalue weighted by molar-refractivity contribution is 6.08. The van der Waals surface area contributed by atoms with Gasteiger partial charge < -0.3 is 4.42 Å². The van der Waals surface area contributed by atoms with Crippen LogP contribution in [0, 0.1) is 12.8 Å². The number of para-hydroxylation sites is 1. The van der Waals surface area contributed by atoms with E-state index in [1.54, 1.807) is 13.8 Å². The van der Waals surface area contributed by atoms with Crippen molar-refractivity contribution < 1.29 is 14.0 Å². The number of pyridine rings is 2. The highest BCUT2D eigenvalue weighted by Crippen LogP contribution is 2.39. The number of furan rings is 1. The smallest absolute Gasteiger partial charge is 0.227 e. The fourth-order valence-corrected chi connectivity index (χ4v) is 4.71. The minimum Gasteiger partial charge on any atom is -0.437 e. The van der Waals surface area contributed by atoms with Gasteiger partial charge in [0.25, 0.3) is 0 Å². The van der Waals surface area contributed by atoms with Crippen LogP contribution in [0.5, 0.6) is 0 Å². The molecule has 0 bridgehead atoms. The number of fused-ring (bicyclic) bond motifs is 3. The van der Waals surface area contributed by atoms with Crippen molar-refractivity contribution in [2.45, 2.75) is 66.6 Å². The zero-order valence-electron chi connectivity index (χ0n) is 28.7. The fraction of sp³-hybridized carbons (Fsp3) is 0.333. The van der Waals surface area contributed by atoms with Crippen molar-refractivity contribution in [2.24, 2.45) is 5.92 Å². The highest BCUT2D eigenvalue weighted by atomic mass is 16.3. The van der Waals surface area contributed by atoms with Gasteiger partial charge in [0.15, 0.2) is 0 Å². The summed E-state index contributed by atoms with van der Waals surface area (Å²) >= 11 is 0. The van der Waals surface area contributed by atoms with Gasteiger partial charge in [-0.05, 0) is 77.4 Å². The van der Waals surface area contributed by atoms with Gasteiger partial charge in [0, 0.05) is 37.7 Å². The molecule has 36 heavy (non-hydrogen) atoms. The van der Waals surface area contributed by atoms with Gasteiger partial charge in [-0.15, -0.1) is 0 Å². The summed E-state index contributed by atoms with van der Waals surface area (Å²) in [4.78, 5) is 9.37. The second-order valence-electron chi connectivity index (χ2n) is 9.98. The molecule has 0 amide bonds. The van der Waals surface area contributed by atoms with Gasteiger partial charge >= 0.3 is 0 Å². The van der Waals surface area contributed by atoms with E-state index in [9.17, 15) is 0 Å². The van der Waals surface area contributed by atoms with Crippen LogP contribution in [0.4, 0.5) is 0 Å². The number of hydrogen-bond acceptors (Lipinski definition) is 3. The lowest BCUT2D eigenvalue weighted by Gasteiger charge is -2.19. The molecule has 0 radical (unpaired) electrons. The Morgan fingerprint density at radius 3 is 2.28 bits per heavy atom. The van der Waals surface area contributed by atoms with Gasteiger partial charge in [-0.2, -0.15) is 0 Å². The molecule has 3 nitrogen and oxygen atoms in total. The van der Waals surface area contributed by atoms with E-state index < -0.39 is 30.9 Å². The summed E-state index contributed by atoms with van der Waals surface area (Å²) in [6, 6.07) is 16.6. The summed E-state index contributed by atoms with van der Waals surface area (Å²) in [6.07, 6.45) is -0.651. The highest BCUT2D eigenvalue weighted by Gasteiger charge is 2.19. The van der Waals surface area contributed by atoms with E-state index in [0.29, 0.717) is 28.2 Å². The van der Waals surface area contributed by atoms with E-state index in [1.165, 1.54) is 12.3 Å². The van der Waals surface area contributed by atoms with Crippen LogP contribution in [-0.4, -0.2) is 9.97 Å². The summed E-state index contributed by atoms with van der Waals surface area (Å²) in [6.45, 7) is 8.20. The molecule has 0 N–H and O–H groups in total. The minimum absolute atomic E-state index is 0.0844. The van der Waals surface area contributed by atoms with Gasteiger partial charge in [-0.3, -0.25) is 4.98 Å². The Kier molecular flexibility index (Phi) is 4.52. The Labute approximate surface area is 224 Å². The molecule has 5 aromatic rings. The van der Waals surface area contributed by atoms with Crippen molar-refractivity contribution in [2.75, 3.05) is 0 Å². The number of nitrogens with zero attached hydrogens (tertiary/aromatic N) is 2. The number of hydrogen-bond donors (Lipinski definition) is 0. The van der Waals surface area contributed by atoms with Crippen LogP contribution in [0.3, 0.4) is 0 Å². The van der Waals surface area contributed by atoms with Crippen LogP contribution in [0.15, 0.2) is 65.2 Å². The Morgan fingerprint density at radius 2 is 1.61 bits per heavy atom. The van der Waals surface area contributed by atoms with Crippen molar-refractivity contribution in [3.63, 3.8) is 0 Å². The molecule has 0 saturated carbocycles. The maximum absolute atomic E-state index is 8.80. The molecule has 0 unspecified atom stereocenters. The third kappa shape index (κ3) is 4.32. The first-order chi connectivity index (χ1) is 19.8. The number of benzene rings is 2. The van der Waals surface area contributed by atoms with Crippen molar-refractivity contribution in [3.8, 4) is 22.5 Å². The molecule has 0 aliphatic carbocycles. The summed E-state index contributed by atoms with van der Waals surface area (Å²) in [5.74, 6) is -2.33. The molecule has 184 valence electrons. The average Bonchev–Trinajstić information content (AvgIpc) is 3.28. The fourth-order valence-electron chi connectivity index (χ4n) is 4.71. The molecule has 5 rings (SSSR count). The molecule has 0 spiro atoms. The standard InChI is InChI=1S/C33H36N2O/c1-19(2)16-23-17-30(34-18-22(23)7)28-13-9-12-26-27-14-15-29(35-33(27)36-32(26)28)31-24(20(3)4)10-8-11-25(31)21(5)6/h8-15,17-21H,16H2,1-7H3/i7D3,16D2,20D,21D. The molecule has 0 fully saturated rings. The average molecular weight is 484 g/mol. The van der Waals surface area contributed by atoms with Crippen LogP contribution < -0.4 is 0 Å². The van der Waals surface area contributed by atoms with Crippen molar-refractivity contribution >= 4 is 22.1 Å². The molecule has 3 aromatic heterocycles. The predicted octanol–water partition coefficient (Wildman–Crippen LogP) is 9.46. The number of rotatable bonds is 6. The lowest BCUT2D eigenvalue weighted by molar-refractivity contribution is 0.644. The second-order valence-corrected chi connectivity index (χ2v) is 9.98. The summed E-state index contributed by atoms with van der Waals surface area (Å²) in [5, 5.41) is 1.56. The maximum atomic E-state index is 8.80. The van der Waals surface area contributed by atoms with Crippen LogP contribution in [-0.2, 0) is 6.37 Å². The molecule has 0 aliphatic rings. The Balaban J connectivity index is 1.75. The number of aromatic nitrogens is 2. The van der Waals surface area contributed by atoms with Gasteiger partial charge in [0.05, 0.1) is 11.4 Å². The molecular formula is C33H36N2O. The molecule has 0 aliphatic heterocycles. The number of aryl methyl sites for hydroxylation is 1. The first kappa shape index (κ1) is 17.1. The van der Waals surface area contributed by atoms with Crippen LogP contribution in [0.2, 0.25) is 0 Å². The van der Waals surface area contributed by atoms with Crippen LogP contribution >= 0.6 is 0 Å². The lowest BCUT2D eigenvalue weighted by Crippen LogP contribution is -2.00. The Bertz CT molecular complexity index is 1810. The minimum atomic E-state index is -2.52. The molecule has 3 heteroatoms. The molecule has 2 aromatic carbocycles. The summed E-state index contributed by atoms with van der Waals surface area (Å²) in [5.41, 5.74) is 4.72. The van der Waals surface area contributed by atoms with Gasteiger partial charge in [-0.1, -0.05) is 71.9 Å². The zero-order valence-corrected chi connectivity index (χ0v) is 21.7. The topological polar surface area (TPSA) is 38.9 Å². The molecule has 0 saturated heterocycles. The molecule has 0 atom stereocenters. The molecule has 3 heterocycles. The third-order valence-electron chi connectivity index (χ3n) is 6.39. The molecular weight excluding hydrogens is 440 g/mol. The Hall–Kier alpha value is -3.46. The second kappa shape index (κ2) is 9.54. The SMILES string of the molecule is [2H]C([2H])([2H])c1cnc(-c2cccc3c2oc2nc(-c4c(C([2H])(C)C)cccc4C([2H])(C)C)ccc23)cc1C([2H])([2H])C(C)C. The van der Waals surface area contributed by atoms with Crippen molar-refractivity contribution in [1.82, 2.24) is 9.97 Å².